The summed E-state index contributed by atoms with van der Waals surface area (Å²) in [5, 5.41) is 3.24. The van der Waals surface area contributed by atoms with Crippen molar-refractivity contribution >= 4 is 17.6 Å². The van der Waals surface area contributed by atoms with Crippen LogP contribution in [0.2, 0.25) is 0 Å². The van der Waals surface area contributed by atoms with Gasteiger partial charge in [0.05, 0.1) is 0 Å². The van der Waals surface area contributed by atoms with E-state index in [0.29, 0.717) is 17.1 Å². The number of aromatic nitrogens is 2. The maximum absolute atomic E-state index is 5.53. The van der Waals surface area contributed by atoms with Crippen molar-refractivity contribution in [1.29, 1.82) is 0 Å². The molecule has 2 rings (SSSR count). The van der Waals surface area contributed by atoms with Crippen LogP contribution in [0.3, 0.4) is 0 Å². The summed E-state index contributed by atoms with van der Waals surface area (Å²) in [4.78, 5) is 7.98. The van der Waals surface area contributed by atoms with Gasteiger partial charge in [-0.1, -0.05) is 6.92 Å². The molecule has 82 valence electrons. The molecule has 15 heavy (non-hydrogen) atoms. The first-order valence-corrected chi connectivity index (χ1v) is 4.96. The predicted molar refractivity (Wildman–Crippen MR) is 60.1 cm³/mol. The van der Waals surface area contributed by atoms with Gasteiger partial charge in [-0.2, -0.15) is 9.97 Å². The smallest absolute Gasteiger partial charge is 0.223 e. The highest BCUT2D eigenvalue weighted by Gasteiger charge is 2.36. The number of nitrogen functional groups attached to an aromatic ring is 2. The number of nitrogens with zero attached hydrogens (tertiary/aromatic N) is 2. The van der Waals surface area contributed by atoms with E-state index in [-0.39, 0.29) is 5.95 Å². The van der Waals surface area contributed by atoms with Crippen molar-refractivity contribution in [2.24, 2.45) is 11.3 Å². The van der Waals surface area contributed by atoms with Gasteiger partial charge in [-0.25, -0.2) is 5.84 Å². The first-order chi connectivity index (χ1) is 7.11. The number of nitrogens with two attached hydrogens (primary N) is 2. The highest BCUT2D eigenvalue weighted by atomic mass is 15.3. The maximum Gasteiger partial charge on any atom is 0.223 e. The van der Waals surface area contributed by atoms with Gasteiger partial charge in [-0.15, -0.1) is 0 Å². The fourth-order valence-corrected chi connectivity index (χ4v) is 1.32. The van der Waals surface area contributed by atoms with Crippen LogP contribution in [-0.2, 0) is 0 Å². The number of anilines is 3. The first kappa shape index (κ1) is 9.97. The quantitative estimate of drug-likeness (QED) is 0.426. The number of hydrogen-bond acceptors (Lipinski definition) is 6. The van der Waals surface area contributed by atoms with Gasteiger partial charge in [0.15, 0.2) is 0 Å². The Kier molecular flexibility index (Phi) is 2.36. The largest absolute Gasteiger partial charge is 0.369 e. The number of hydrazine groups is 1. The third-order valence-electron chi connectivity index (χ3n) is 2.69. The topological polar surface area (TPSA) is 102 Å². The Morgan fingerprint density at radius 1 is 1.40 bits per heavy atom. The van der Waals surface area contributed by atoms with Crippen LogP contribution in [0.15, 0.2) is 6.07 Å². The minimum Gasteiger partial charge on any atom is -0.369 e. The zero-order valence-electron chi connectivity index (χ0n) is 8.75. The molecule has 6 N–H and O–H groups in total. The van der Waals surface area contributed by atoms with Gasteiger partial charge in [0, 0.05) is 12.6 Å². The molecule has 0 aromatic carbocycles. The van der Waals surface area contributed by atoms with Crippen molar-refractivity contribution in [3.8, 4) is 0 Å². The van der Waals surface area contributed by atoms with Crippen LogP contribution in [0.25, 0.3) is 0 Å². The first-order valence-electron chi connectivity index (χ1n) is 4.96. The molecule has 0 amide bonds. The summed E-state index contributed by atoms with van der Waals surface area (Å²) in [7, 11) is 0. The van der Waals surface area contributed by atoms with Gasteiger partial charge in [-0.3, -0.25) is 0 Å². The zero-order valence-corrected chi connectivity index (χ0v) is 8.75. The standard InChI is InChI=1S/C9H16N6/c1-9(2-3-9)5-12-6-4-7(15-11)14-8(10)13-6/h4H,2-3,5,11H2,1H3,(H4,10,12,13,14,15). The van der Waals surface area contributed by atoms with E-state index < -0.39 is 0 Å². The SMILES string of the molecule is CC1(CNc2cc(NN)nc(N)n2)CC1. The minimum atomic E-state index is 0.217. The monoisotopic (exact) mass is 208 g/mol. The van der Waals surface area contributed by atoms with Crippen molar-refractivity contribution in [2.45, 2.75) is 19.8 Å². The maximum atomic E-state index is 5.53. The molecule has 0 radical (unpaired) electrons. The molecule has 6 heteroatoms. The molecule has 0 unspecified atom stereocenters. The van der Waals surface area contributed by atoms with E-state index in [1.807, 2.05) is 0 Å². The third-order valence-corrected chi connectivity index (χ3v) is 2.69. The van der Waals surface area contributed by atoms with E-state index in [1.54, 1.807) is 6.07 Å². The summed E-state index contributed by atoms with van der Waals surface area (Å²) in [5.74, 6) is 6.71. The van der Waals surface area contributed by atoms with Gasteiger partial charge in [-0.05, 0) is 18.3 Å². The van der Waals surface area contributed by atoms with Crippen LogP contribution in [0, 0.1) is 5.41 Å². The van der Waals surface area contributed by atoms with Crippen LogP contribution < -0.4 is 22.3 Å². The second-order valence-corrected chi connectivity index (χ2v) is 4.31. The lowest BCUT2D eigenvalue weighted by Gasteiger charge is -2.11. The van der Waals surface area contributed by atoms with Crippen LogP contribution in [0.5, 0.6) is 0 Å². The van der Waals surface area contributed by atoms with E-state index in [0.717, 1.165) is 6.54 Å². The molecule has 0 atom stereocenters. The zero-order chi connectivity index (χ0) is 10.9. The molecular formula is C9H16N6. The molecule has 1 aromatic heterocycles. The Bertz CT molecular complexity index is 360. The second kappa shape index (κ2) is 3.54. The number of rotatable bonds is 4. The molecule has 6 nitrogen and oxygen atoms in total. The molecule has 0 saturated heterocycles. The van der Waals surface area contributed by atoms with E-state index in [9.17, 15) is 0 Å². The van der Waals surface area contributed by atoms with Crippen molar-refractivity contribution < 1.29 is 0 Å². The van der Waals surface area contributed by atoms with Gasteiger partial charge in [0.25, 0.3) is 0 Å². The highest BCUT2D eigenvalue weighted by Crippen LogP contribution is 2.44. The fraction of sp³-hybridized carbons (Fsp3) is 0.556. The highest BCUT2D eigenvalue weighted by molar-refractivity contribution is 5.50. The Morgan fingerprint density at radius 2 is 2.07 bits per heavy atom. The second-order valence-electron chi connectivity index (χ2n) is 4.31. The minimum absolute atomic E-state index is 0.217. The lowest BCUT2D eigenvalue weighted by molar-refractivity contribution is 0.609. The van der Waals surface area contributed by atoms with Crippen LogP contribution in [0.1, 0.15) is 19.8 Å². The summed E-state index contributed by atoms with van der Waals surface area (Å²) in [6, 6.07) is 1.74. The van der Waals surface area contributed by atoms with Crippen molar-refractivity contribution in [3.05, 3.63) is 6.07 Å². The van der Waals surface area contributed by atoms with Gasteiger partial charge < -0.3 is 16.5 Å². The van der Waals surface area contributed by atoms with E-state index in [2.05, 4.69) is 27.6 Å². The normalized spacial score (nSPS) is 17.2. The van der Waals surface area contributed by atoms with E-state index in [1.165, 1.54) is 12.8 Å². The van der Waals surface area contributed by atoms with Crippen molar-refractivity contribution in [1.82, 2.24) is 9.97 Å². The summed E-state index contributed by atoms with van der Waals surface area (Å²) in [6.07, 6.45) is 2.53. The molecule has 0 aliphatic heterocycles. The fourth-order valence-electron chi connectivity index (χ4n) is 1.32. The summed E-state index contributed by atoms with van der Waals surface area (Å²) < 4.78 is 0. The summed E-state index contributed by atoms with van der Waals surface area (Å²) >= 11 is 0. The Labute approximate surface area is 88.4 Å². The van der Waals surface area contributed by atoms with Crippen molar-refractivity contribution in [3.63, 3.8) is 0 Å². The van der Waals surface area contributed by atoms with Gasteiger partial charge in [0.2, 0.25) is 5.95 Å². The lowest BCUT2D eigenvalue weighted by atomic mass is 10.1. The third kappa shape index (κ3) is 2.47. The summed E-state index contributed by atoms with van der Waals surface area (Å²) in [6.45, 7) is 3.15. The number of hydrogen-bond donors (Lipinski definition) is 4. The molecule has 1 heterocycles. The Balaban J connectivity index is 2.03. The van der Waals surface area contributed by atoms with Gasteiger partial charge in [0.1, 0.15) is 11.6 Å². The van der Waals surface area contributed by atoms with Crippen molar-refractivity contribution in [2.75, 3.05) is 23.0 Å². The summed E-state index contributed by atoms with van der Waals surface area (Å²) in [5.41, 5.74) is 8.41. The molecule has 1 fully saturated rings. The van der Waals surface area contributed by atoms with Gasteiger partial charge >= 0.3 is 0 Å². The molecule has 1 aliphatic carbocycles. The van der Waals surface area contributed by atoms with Crippen LogP contribution >= 0.6 is 0 Å². The number of nitrogens with one attached hydrogen (secondary N) is 2. The van der Waals surface area contributed by atoms with E-state index in [4.69, 9.17) is 11.6 Å². The molecule has 0 bridgehead atoms. The average molecular weight is 208 g/mol. The lowest BCUT2D eigenvalue weighted by Crippen LogP contribution is -2.15. The molecule has 1 aromatic rings. The molecule has 1 saturated carbocycles. The Hall–Kier alpha value is -1.56. The van der Waals surface area contributed by atoms with Crippen LogP contribution in [-0.4, -0.2) is 16.5 Å². The van der Waals surface area contributed by atoms with E-state index >= 15 is 0 Å². The molecular weight excluding hydrogens is 192 g/mol. The predicted octanol–water partition coefficient (Wildman–Crippen LogP) is 0.556. The van der Waals surface area contributed by atoms with Crippen LogP contribution in [0.4, 0.5) is 17.6 Å². The average Bonchev–Trinajstić information content (AvgIpc) is 2.94. The molecule has 1 aliphatic rings. The molecule has 0 spiro atoms. The Morgan fingerprint density at radius 3 is 2.67 bits per heavy atom.